The Balaban J connectivity index is 1.73. The highest BCUT2D eigenvalue weighted by molar-refractivity contribution is 7.12. The molecule has 2 heterocycles. The molecule has 26 heavy (non-hydrogen) atoms. The number of aryl methyl sites for hydroxylation is 1. The van der Waals surface area contributed by atoms with Crippen molar-refractivity contribution in [2.45, 2.75) is 0 Å². The lowest BCUT2D eigenvalue weighted by molar-refractivity contribution is 0.0994. The van der Waals surface area contributed by atoms with Crippen LogP contribution in [0.25, 0.3) is 0 Å². The highest BCUT2D eigenvalue weighted by Crippen LogP contribution is 2.16. The molecule has 0 radical (unpaired) electrons. The van der Waals surface area contributed by atoms with Gasteiger partial charge in [0.1, 0.15) is 5.82 Å². The minimum absolute atomic E-state index is 0.124. The number of amides is 3. The van der Waals surface area contributed by atoms with Crippen LogP contribution in [0.5, 0.6) is 0 Å². The van der Waals surface area contributed by atoms with Crippen LogP contribution in [0.1, 0.15) is 30.5 Å². The van der Waals surface area contributed by atoms with Gasteiger partial charge < -0.3 is 16.4 Å². The van der Waals surface area contributed by atoms with Crippen LogP contribution in [-0.2, 0) is 7.05 Å². The van der Waals surface area contributed by atoms with Crippen LogP contribution in [-0.4, -0.2) is 27.5 Å². The SMILES string of the molecule is Cn1nc(C(=O)Nc2cccc(C(N)=O)c2)cc1NC(=O)c1cccs1. The number of anilines is 2. The summed E-state index contributed by atoms with van der Waals surface area (Å²) >= 11 is 1.32. The van der Waals surface area contributed by atoms with Crippen LogP contribution < -0.4 is 16.4 Å². The summed E-state index contributed by atoms with van der Waals surface area (Å²) in [4.78, 5) is 36.2. The Kier molecular flexibility index (Phi) is 4.81. The summed E-state index contributed by atoms with van der Waals surface area (Å²) in [6.07, 6.45) is 0. The minimum atomic E-state index is -0.586. The van der Waals surface area contributed by atoms with Crippen LogP contribution in [0.4, 0.5) is 11.5 Å². The second kappa shape index (κ2) is 7.19. The monoisotopic (exact) mass is 369 g/mol. The first kappa shape index (κ1) is 17.4. The Morgan fingerprint density at radius 2 is 1.88 bits per heavy atom. The fraction of sp³-hybridized carbons (Fsp3) is 0.0588. The molecule has 132 valence electrons. The number of nitrogens with zero attached hydrogens (tertiary/aromatic N) is 2. The molecule has 4 N–H and O–H groups in total. The van der Waals surface area contributed by atoms with Crippen molar-refractivity contribution >= 4 is 40.6 Å². The zero-order valence-corrected chi connectivity index (χ0v) is 14.5. The molecule has 0 unspecified atom stereocenters. The maximum atomic E-state index is 12.4. The van der Waals surface area contributed by atoms with E-state index in [0.29, 0.717) is 16.4 Å². The van der Waals surface area contributed by atoms with Gasteiger partial charge in [0.05, 0.1) is 4.88 Å². The maximum absolute atomic E-state index is 12.4. The van der Waals surface area contributed by atoms with Crippen LogP contribution >= 0.6 is 11.3 Å². The maximum Gasteiger partial charge on any atom is 0.276 e. The number of hydrogen-bond acceptors (Lipinski definition) is 5. The highest BCUT2D eigenvalue weighted by Gasteiger charge is 2.16. The predicted octanol–water partition coefficient (Wildman–Crippen LogP) is 2.09. The molecule has 0 saturated heterocycles. The average molecular weight is 369 g/mol. The first-order chi connectivity index (χ1) is 12.4. The number of hydrogen-bond donors (Lipinski definition) is 3. The Hall–Kier alpha value is -3.46. The average Bonchev–Trinajstić information content (AvgIpc) is 3.26. The molecule has 0 aliphatic carbocycles. The van der Waals surface area contributed by atoms with Gasteiger partial charge >= 0.3 is 0 Å². The van der Waals surface area contributed by atoms with E-state index in [9.17, 15) is 14.4 Å². The fourth-order valence-corrected chi connectivity index (χ4v) is 2.85. The van der Waals surface area contributed by atoms with Gasteiger partial charge in [0.15, 0.2) is 5.69 Å². The van der Waals surface area contributed by atoms with E-state index in [4.69, 9.17) is 5.73 Å². The van der Waals surface area contributed by atoms with Gasteiger partial charge in [-0.05, 0) is 29.6 Å². The lowest BCUT2D eigenvalue weighted by Crippen LogP contribution is -2.15. The molecular formula is C17H15N5O3S. The molecule has 0 saturated carbocycles. The van der Waals surface area contributed by atoms with Crippen LogP contribution in [0, 0.1) is 0 Å². The molecule has 0 spiro atoms. The first-order valence-electron chi connectivity index (χ1n) is 7.54. The Morgan fingerprint density at radius 3 is 2.58 bits per heavy atom. The molecule has 0 aliphatic rings. The smallest absolute Gasteiger partial charge is 0.276 e. The van der Waals surface area contributed by atoms with Crippen molar-refractivity contribution in [3.05, 3.63) is 64.0 Å². The van der Waals surface area contributed by atoms with Crippen molar-refractivity contribution in [2.24, 2.45) is 12.8 Å². The zero-order valence-electron chi connectivity index (χ0n) is 13.7. The fourth-order valence-electron chi connectivity index (χ4n) is 2.23. The first-order valence-corrected chi connectivity index (χ1v) is 8.42. The van der Waals surface area contributed by atoms with Crippen LogP contribution in [0.3, 0.4) is 0 Å². The lowest BCUT2D eigenvalue weighted by Gasteiger charge is -2.04. The Morgan fingerprint density at radius 1 is 1.08 bits per heavy atom. The Bertz CT molecular complexity index is 978. The molecule has 0 atom stereocenters. The number of primary amides is 1. The van der Waals surface area contributed by atoms with Gasteiger partial charge in [-0.15, -0.1) is 11.3 Å². The van der Waals surface area contributed by atoms with Crippen molar-refractivity contribution in [1.82, 2.24) is 9.78 Å². The largest absolute Gasteiger partial charge is 0.366 e. The molecule has 9 heteroatoms. The molecule has 8 nitrogen and oxygen atoms in total. The number of aromatic nitrogens is 2. The number of benzene rings is 1. The predicted molar refractivity (Wildman–Crippen MR) is 98.4 cm³/mol. The second-order valence-electron chi connectivity index (χ2n) is 5.37. The molecular weight excluding hydrogens is 354 g/mol. The zero-order chi connectivity index (χ0) is 18.7. The lowest BCUT2D eigenvalue weighted by atomic mass is 10.2. The number of nitrogens with one attached hydrogen (secondary N) is 2. The quantitative estimate of drug-likeness (QED) is 0.638. The second-order valence-corrected chi connectivity index (χ2v) is 6.32. The van der Waals surface area contributed by atoms with E-state index < -0.39 is 11.8 Å². The van der Waals surface area contributed by atoms with Gasteiger partial charge in [0.25, 0.3) is 11.8 Å². The summed E-state index contributed by atoms with van der Waals surface area (Å²) in [6.45, 7) is 0. The Labute approximate surface area is 152 Å². The van der Waals surface area contributed by atoms with Gasteiger partial charge in [-0.25, -0.2) is 0 Å². The van der Waals surface area contributed by atoms with Crippen molar-refractivity contribution in [3.63, 3.8) is 0 Å². The summed E-state index contributed by atoms with van der Waals surface area (Å²) in [5.41, 5.74) is 6.05. The molecule has 0 bridgehead atoms. The van der Waals surface area contributed by atoms with E-state index in [1.165, 1.54) is 28.2 Å². The molecule has 1 aromatic carbocycles. The van der Waals surface area contributed by atoms with Gasteiger partial charge in [0.2, 0.25) is 5.91 Å². The number of carbonyl (C=O) groups is 3. The van der Waals surface area contributed by atoms with Gasteiger partial charge in [-0.3, -0.25) is 19.1 Å². The van der Waals surface area contributed by atoms with Crippen molar-refractivity contribution in [2.75, 3.05) is 10.6 Å². The molecule has 3 rings (SSSR count). The molecule has 0 aliphatic heterocycles. The van der Waals surface area contributed by atoms with Crippen LogP contribution in [0.15, 0.2) is 47.8 Å². The van der Waals surface area contributed by atoms with E-state index in [1.54, 1.807) is 42.8 Å². The van der Waals surface area contributed by atoms with Crippen molar-refractivity contribution < 1.29 is 14.4 Å². The van der Waals surface area contributed by atoms with Gasteiger partial charge in [-0.2, -0.15) is 5.10 Å². The number of nitrogens with two attached hydrogens (primary N) is 1. The standard InChI is InChI=1S/C17H15N5O3S/c1-22-14(20-17(25)13-6-3-7-26-13)9-12(21-22)16(24)19-11-5-2-4-10(8-11)15(18)23/h2-9H,1H3,(H2,18,23)(H,19,24)(H,20,25). The van der Waals surface area contributed by atoms with Crippen molar-refractivity contribution in [3.8, 4) is 0 Å². The van der Waals surface area contributed by atoms with Gasteiger partial charge in [0, 0.05) is 24.4 Å². The van der Waals surface area contributed by atoms with Gasteiger partial charge in [-0.1, -0.05) is 12.1 Å². The minimum Gasteiger partial charge on any atom is -0.366 e. The third-order valence-electron chi connectivity index (χ3n) is 3.50. The van der Waals surface area contributed by atoms with Crippen LogP contribution in [0.2, 0.25) is 0 Å². The molecule has 0 fully saturated rings. The molecule has 2 aromatic heterocycles. The molecule has 3 aromatic rings. The summed E-state index contributed by atoms with van der Waals surface area (Å²) in [5, 5.41) is 11.3. The summed E-state index contributed by atoms with van der Waals surface area (Å²) in [5.74, 6) is -0.945. The van der Waals surface area contributed by atoms with E-state index in [-0.39, 0.29) is 17.2 Å². The van der Waals surface area contributed by atoms with E-state index in [2.05, 4.69) is 15.7 Å². The number of carbonyl (C=O) groups excluding carboxylic acids is 3. The van der Waals surface area contributed by atoms with E-state index >= 15 is 0 Å². The van der Waals surface area contributed by atoms with E-state index in [0.717, 1.165) is 0 Å². The molecule has 3 amide bonds. The van der Waals surface area contributed by atoms with E-state index in [1.807, 2.05) is 0 Å². The number of rotatable bonds is 5. The highest BCUT2D eigenvalue weighted by atomic mass is 32.1. The summed E-state index contributed by atoms with van der Waals surface area (Å²) in [7, 11) is 1.62. The van der Waals surface area contributed by atoms with Crippen molar-refractivity contribution in [1.29, 1.82) is 0 Å². The number of thiophene rings is 1. The third kappa shape index (κ3) is 3.78. The normalized spacial score (nSPS) is 10.3. The summed E-state index contributed by atoms with van der Waals surface area (Å²) in [6, 6.07) is 11.2. The third-order valence-corrected chi connectivity index (χ3v) is 4.37. The topological polar surface area (TPSA) is 119 Å². The summed E-state index contributed by atoms with van der Waals surface area (Å²) < 4.78 is 1.40.